The molecule has 0 aromatic carbocycles. The maximum atomic E-state index is 11.0. The molecule has 1 saturated carbocycles. The predicted octanol–water partition coefficient (Wildman–Crippen LogP) is 1.04. The first-order valence-electron chi connectivity index (χ1n) is 4.57. The standard InChI is InChI=1S/C9H14O4/c1-2-12-8(10)5-6-9(11)13-7-3-4-7/h7H,2-6H2,1H3. The smallest absolute Gasteiger partial charge is 0.306 e. The van der Waals surface area contributed by atoms with Gasteiger partial charge in [-0.2, -0.15) is 0 Å². The van der Waals surface area contributed by atoms with Crippen LogP contribution in [0.3, 0.4) is 0 Å². The van der Waals surface area contributed by atoms with Crippen LogP contribution in [0.5, 0.6) is 0 Å². The summed E-state index contributed by atoms with van der Waals surface area (Å²) in [6, 6.07) is 0. The van der Waals surface area contributed by atoms with Gasteiger partial charge in [0.05, 0.1) is 19.4 Å². The van der Waals surface area contributed by atoms with Crippen LogP contribution in [0.2, 0.25) is 0 Å². The maximum Gasteiger partial charge on any atom is 0.306 e. The van der Waals surface area contributed by atoms with Gasteiger partial charge >= 0.3 is 11.9 Å². The first-order valence-corrected chi connectivity index (χ1v) is 4.57. The second-order valence-corrected chi connectivity index (χ2v) is 2.99. The van der Waals surface area contributed by atoms with E-state index >= 15 is 0 Å². The van der Waals surface area contributed by atoms with Crippen LogP contribution in [-0.4, -0.2) is 24.6 Å². The molecule has 0 aliphatic heterocycles. The van der Waals surface area contributed by atoms with Crippen molar-refractivity contribution >= 4 is 11.9 Å². The molecular weight excluding hydrogens is 172 g/mol. The Kier molecular flexibility index (Phi) is 3.73. The lowest BCUT2D eigenvalue weighted by Crippen LogP contribution is -2.10. The normalized spacial score (nSPS) is 15.2. The fourth-order valence-corrected chi connectivity index (χ4v) is 0.868. The molecule has 0 amide bonds. The number of ether oxygens (including phenoxy) is 2. The molecule has 0 bridgehead atoms. The third-order valence-electron chi connectivity index (χ3n) is 1.66. The highest BCUT2D eigenvalue weighted by atomic mass is 16.6. The minimum absolute atomic E-state index is 0.120. The summed E-state index contributed by atoms with van der Waals surface area (Å²) in [5.41, 5.74) is 0. The minimum Gasteiger partial charge on any atom is -0.466 e. The second-order valence-electron chi connectivity index (χ2n) is 2.99. The van der Waals surface area contributed by atoms with E-state index in [0.717, 1.165) is 12.8 Å². The zero-order valence-electron chi connectivity index (χ0n) is 7.75. The minimum atomic E-state index is -0.338. The van der Waals surface area contributed by atoms with Gasteiger partial charge < -0.3 is 9.47 Å². The zero-order valence-corrected chi connectivity index (χ0v) is 7.75. The van der Waals surface area contributed by atoms with Crippen molar-refractivity contribution in [1.29, 1.82) is 0 Å². The fraction of sp³-hybridized carbons (Fsp3) is 0.778. The van der Waals surface area contributed by atoms with Crippen LogP contribution in [-0.2, 0) is 19.1 Å². The monoisotopic (exact) mass is 186 g/mol. The van der Waals surface area contributed by atoms with Gasteiger partial charge in [-0.3, -0.25) is 9.59 Å². The summed E-state index contributed by atoms with van der Waals surface area (Å²) in [7, 11) is 0. The third kappa shape index (κ3) is 4.50. The number of carbonyl (C=O) groups is 2. The maximum absolute atomic E-state index is 11.0. The molecule has 0 aromatic heterocycles. The lowest BCUT2D eigenvalue weighted by molar-refractivity contribution is -0.150. The number of hydrogen-bond donors (Lipinski definition) is 0. The van der Waals surface area contributed by atoms with Gasteiger partial charge in [-0.1, -0.05) is 0 Å². The summed E-state index contributed by atoms with van der Waals surface area (Å²) in [6.45, 7) is 2.09. The average Bonchev–Trinajstić information content (AvgIpc) is 2.85. The highest BCUT2D eigenvalue weighted by Gasteiger charge is 2.25. The number of rotatable bonds is 5. The van der Waals surface area contributed by atoms with Crippen molar-refractivity contribution in [3.63, 3.8) is 0 Å². The van der Waals surface area contributed by atoms with E-state index < -0.39 is 0 Å². The fourth-order valence-electron chi connectivity index (χ4n) is 0.868. The van der Waals surface area contributed by atoms with Crippen LogP contribution < -0.4 is 0 Å². The molecule has 0 unspecified atom stereocenters. The van der Waals surface area contributed by atoms with Crippen molar-refractivity contribution in [2.24, 2.45) is 0 Å². The molecule has 0 heterocycles. The molecule has 1 fully saturated rings. The Balaban J connectivity index is 2.02. The van der Waals surface area contributed by atoms with Gasteiger partial charge in [0.1, 0.15) is 6.10 Å². The third-order valence-corrected chi connectivity index (χ3v) is 1.66. The van der Waals surface area contributed by atoms with E-state index in [9.17, 15) is 9.59 Å². The summed E-state index contributed by atoms with van der Waals surface area (Å²) in [4.78, 5) is 21.8. The van der Waals surface area contributed by atoms with Crippen molar-refractivity contribution in [1.82, 2.24) is 0 Å². The molecule has 0 atom stereocenters. The first kappa shape index (κ1) is 10.0. The van der Waals surface area contributed by atoms with Crippen molar-refractivity contribution in [3.8, 4) is 0 Å². The van der Waals surface area contributed by atoms with Crippen LogP contribution in [0, 0.1) is 0 Å². The van der Waals surface area contributed by atoms with Crippen molar-refractivity contribution in [3.05, 3.63) is 0 Å². The molecule has 4 nitrogen and oxygen atoms in total. The van der Waals surface area contributed by atoms with Crippen molar-refractivity contribution < 1.29 is 19.1 Å². The SMILES string of the molecule is CCOC(=O)CCC(=O)OC1CC1. The van der Waals surface area contributed by atoms with Gasteiger partial charge in [-0.05, 0) is 19.8 Å². The van der Waals surface area contributed by atoms with Crippen molar-refractivity contribution in [2.45, 2.75) is 38.7 Å². The van der Waals surface area contributed by atoms with Crippen LogP contribution in [0.25, 0.3) is 0 Å². The van der Waals surface area contributed by atoms with Gasteiger partial charge in [0.2, 0.25) is 0 Å². The molecule has 4 heteroatoms. The first-order chi connectivity index (χ1) is 6.22. The molecule has 0 radical (unpaired) electrons. The lowest BCUT2D eigenvalue weighted by Gasteiger charge is -2.02. The number of carbonyl (C=O) groups excluding carboxylic acids is 2. The van der Waals surface area contributed by atoms with Gasteiger partial charge in [-0.25, -0.2) is 0 Å². The Morgan fingerprint density at radius 1 is 1.23 bits per heavy atom. The van der Waals surface area contributed by atoms with Gasteiger partial charge in [0.15, 0.2) is 0 Å². The summed E-state index contributed by atoms with van der Waals surface area (Å²) < 4.78 is 9.61. The van der Waals surface area contributed by atoms with E-state index in [1.165, 1.54) is 0 Å². The molecular formula is C9H14O4. The Bertz CT molecular complexity index is 196. The topological polar surface area (TPSA) is 52.6 Å². The molecule has 13 heavy (non-hydrogen) atoms. The van der Waals surface area contributed by atoms with Crippen molar-refractivity contribution in [2.75, 3.05) is 6.61 Å². The van der Waals surface area contributed by atoms with E-state index in [-0.39, 0.29) is 30.9 Å². The molecule has 1 aliphatic rings. The Hall–Kier alpha value is -1.06. The molecule has 74 valence electrons. The van der Waals surface area contributed by atoms with Crippen LogP contribution in [0.15, 0.2) is 0 Å². The Morgan fingerprint density at radius 2 is 1.85 bits per heavy atom. The van der Waals surface area contributed by atoms with Crippen LogP contribution in [0.4, 0.5) is 0 Å². The van der Waals surface area contributed by atoms with Gasteiger partial charge in [0, 0.05) is 0 Å². The van der Waals surface area contributed by atoms with E-state index in [1.54, 1.807) is 6.92 Å². The van der Waals surface area contributed by atoms with Crippen LogP contribution in [0.1, 0.15) is 32.6 Å². The average molecular weight is 186 g/mol. The highest BCUT2D eigenvalue weighted by Crippen LogP contribution is 2.23. The van der Waals surface area contributed by atoms with Gasteiger partial charge in [0.25, 0.3) is 0 Å². The molecule has 1 aliphatic carbocycles. The number of esters is 2. The molecule has 0 N–H and O–H groups in total. The van der Waals surface area contributed by atoms with E-state index in [2.05, 4.69) is 4.74 Å². The molecule has 0 saturated heterocycles. The summed E-state index contributed by atoms with van der Waals surface area (Å²) in [5, 5.41) is 0. The summed E-state index contributed by atoms with van der Waals surface area (Å²) in [6.07, 6.45) is 2.31. The Labute approximate surface area is 77.2 Å². The molecule has 1 rings (SSSR count). The van der Waals surface area contributed by atoms with Gasteiger partial charge in [-0.15, -0.1) is 0 Å². The van der Waals surface area contributed by atoms with E-state index in [0.29, 0.717) is 6.61 Å². The highest BCUT2D eigenvalue weighted by molar-refractivity contribution is 5.77. The quantitative estimate of drug-likeness (QED) is 0.602. The predicted molar refractivity (Wildman–Crippen MR) is 45.0 cm³/mol. The largest absolute Gasteiger partial charge is 0.466 e. The lowest BCUT2D eigenvalue weighted by atomic mass is 10.3. The zero-order chi connectivity index (χ0) is 9.68. The van der Waals surface area contributed by atoms with E-state index in [1.807, 2.05) is 0 Å². The van der Waals surface area contributed by atoms with Crippen LogP contribution >= 0.6 is 0 Å². The molecule has 0 spiro atoms. The molecule has 0 aromatic rings. The Morgan fingerprint density at radius 3 is 2.38 bits per heavy atom. The summed E-state index contributed by atoms with van der Waals surface area (Å²) >= 11 is 0. The number of hydrogen-bond acceptors (Lipinski definition) is 4. The van der Waals surface area contributed by atoms with E-state index in [4.69, 9.17) is 4.74 Å². The summed E-state index contributed by atoms with van der Waals surface area (Å²) in [5.74, 6) is -0.634. The second kappa shape index (κ2) is 4.84.